The van der Waals surface area contributed by atoms with Gasteiger partial charge in [-0.05, 0) is 44.6 Å². The summed E-state index contributed by atoms with van der Waals surface area (Å²) in [5, 5.41) is 2.99. The van der Waals surface area contributed by atoms with Gasteiger partial charge in [-0.25, -0.2) is 0 Å². The first-order valence-electron chi connectivity index (χ1n) is 8.10. The van der Waals surface area contributed by atoms with Crippen LogP contribution in [-0.2, 0) is 16.1 Å². The summed E-state index contributed by atoms with van der Waals surface area (Å²) < 4.78 is 0. The van der Waals surface area contributed by atoms with Gasteiger partial charge in [-0.15, -0.1) is 0 Å². The minimum absolute atomic E-state index is 0.00474. The van der Waals surface area contributed by atoms with Crippen LogP contribution in [0.15, 0.2) is 30.3 Å². The van der Waals surface area contributed by atoms with Crippen LogP contribution >= 0.6 is 0 Å². The Labute approximate surface area is 131 Å². The number of nitrogens with zero attached hydrogens (tertiary/aromatic N) is 1. The summed E-state index contributed by atoms with van der Waals surface area (Å²) in [7, 11) is 0. The summed E-state index contributed by atoms with van der Waals surface area (Å²) in [5.74, 6) is 0.310. The average Bonchev–Trinajstić information content (AvgIpc) is 3.36. The molecule has 4 heteroatoms. The van der Waals surface area contributed by atoms with Crippen LogP contribution in [0.1, 0.15) is 45.6 Å². The van der Waals surface area contributed by atoms with Crippen LogP contribution in [-0.4, -0.2) is 27.8 Å². The summed E-state index contributed by atoms with van der Waals surface area (Å²) in [6.07, 6.45) is 2.64. The van der Waals surface area contributed by atoms with Gasteiger partial charge in [-0.3, -0.25) is 9.59 Å². The molecule has 1 saturated carbocycles. The first-order chi connectivity index (χ1) is 10.4. The number of nitrogens with one attached hydrogen (secondary N) is 1. The largest absolute Gasteiger partial charge is 0.340 e. The van der Waals surface area contributed by atoms with Gasteiger partial charge in [0, 0.05) is 6.54 Å². The number of carbonyl (C=O) groups excluding carboxylic acids is 2. The molecule has 4 nitrogen and oxygen atoms in total. The van der Waals surface area contributed by atoms with E-state index in [1.165, 1.54) is 0 Å². The van der Waals surface area contributed by atoms with Gasteiger partial charge in [0.1, 0.15) is 11.1 Å². The van der Waals surface area contributed by atoms with Gasteiger partial charge >= 0.3 is 0 Å². The predicted molar refractivity (Wildman–Crippen MR) is 85.0 cm³/mol. The molecular formula is C18H24N2O2. The highest BCUT2D eigenvalue weighted by Gasteiger charge is 2.59. The van der Waals surface area contributed by atoms with E-state index in [-0.39, 0.29) is 17.7 Å². The number of amides is 2. The van der Waals surface area contributed by atoms with E-state index in [2.05, 4.69) is 5.32 Å². The Morgan fingerprint density at radius 3 is 2.36 bits per heavy atom. The molecule has 0 spiro atoms. The van der Waals surface area contributed by atoms with Crippen molar-refractivity contribution in [1.29, 1.82) is 0 Å². The number of hydrogen-bond donors (Lipinski definition) is 1. The lowest BCUT2D eigenvalue weighted by Crippen LogP contribution is -2.74. The molecule has 2 atom stereocenters. The zero-order valence-electron chi connectivity index (χ0n) is 13.6. The topological polar surface area (TPSA) is 49.4 Å². The number of carbonyl (C=O) groups is 2. The highest BCUT2D eigenvalue weighted by molar-refractivity contribution is 6.02. The van der Waals surface area contributed by atoms with Crippen molar-refractivity contribution in [3.8, 4) is 0 Å². The minimum atomic E-state index is -0.791. The molecule has 0 aromatic heterocycles. The Hall–Kier alpha value is -1.84. The van der Waals surface area contributed by atoms with Crippen molar-refractivity contribution in [2.24, 2.45) is 5.92 Å². The van der Waals surface area contributed by atoms with Gasteiger partial charge in [-0.1, -0.05) is 37.3 Å². The van der Waals surface area contributed by atoms with Crippen molar-refractivity contribution in [2.75, 3.05) is 0 Å². The molecule has 0 bridgehead atoms. The second-order valence-corrected chi connectivity index (χ2v) is 6.94. The first-order valence-corrected chi connectivity index (χ1v) is 8.10. The highest BCUT2D eigenvalue weighted by Crippen LogP contribution is 2.46. The molecule has 3 rings (SSSR count). The van der Waals surface area contributed by atoms with E-state index in [0.29, 0.717) is 13.0 Å². The SMILES string of the molecule is CCC1(C)NC(=O)C(C)(C2CC2)N(Cc2ccccc2)C1=O. The van der Waals surface area contributed by atoms with Crippen LogP contribution in [0, 0.1) is 5.92 Å². The van der Waals surface area contributed by atoms with Crippen molar-refractivity contribution >= 4 is 11.8 Å². The summed E-state index contributed by atoms with van der Waals surface area (Å²) in [6, 6.07) is 9.92. The first kappa shape index (κ1) is 15.1. The van der Waals surface area contributed by atoms with Crippen LogP contribution in [0.5, 0.6) is 0 Å². The lowest BCUT2D eigenvalue weighted by molar-refractivity contribution is -0.164. The van der Waals surface area contributed by atoms with E-state index < -0.39 is 11.1 Å². The van der Waals surface area contributed by atoms with Crippen molar-refractivity contribution in [3.05, 3.63) is 35.9 Å². The number of benzene rings is 1. The predicted octanol–water partition coefficient (Wildman–Crippen LogP) is 2.48. The molecule has 2 fully saturated rings. The maximum absolute atomic E-state index is 13.1. The fourth-order valence-electron chi connectivity index (χ4n) is 3.35. The van der Waals surface area contributed by atoms with Gasteiger partial charge in [0.2, 0.25) is 11.8 Å². The normalized spacial score (nSPS) is 32.0. The lowest BCUT2D eigenvalue weighted by Gasteiger charge is -2.50. The molecule has 0 radical (unpaired) electrons. The molecule has 2 amide bonds. The van der Waals surface area contributed by atoms with E-state index in [4.69, 9.17) is 0 Å². The van der Waals surface area contributed by atoms with E-state index >= 15 is 0 Å². The van der Waals surface area contributed by atoms with E-state index in [1.807, 2.05) is 56.0 Å². The minimum Gasteiger partial charge on any atom is -0.340 e. The molecule has 1 heterocycles. The second-order valence-electron chi connectivity index (χ2n) is 6.94. The lowest BCUT2D eigenvalue weighted by atomic mass is 9.82. The molecule has 22 heavy (non-hydrogen) atoms. The number of hydrogen-bond acceptors (Lipinski definition) is 2. The fraction of sp³-hybridized carbons (Fsp3) is 0.556. The second kappa shape index (κ2) is 5.11. The molecule has 1 N–H and O–H groups in total. The quantitative estimate of drug-likeness (QED) is 0.928. The monoisotopic (exact) mass is 300 g/mol. The van der Waals surface area contributed by atoms with Crippen LogP contribution in [0.4, 0.5) is 0 Å². The Kier molecular flexibility index (Phi) is 3.50. The Bertz CT molecular complexity index is 596. The molecule has 2 aliphatic rings. The average molecular weight is 300 g/mol. The summed E-state index contributed by atoms with van der Waals surface area (Å²) in [4.78, 5) is 27.7. The maximum atomic E-state index is 13.1. The van der Waals surface area contributed by atoms with Crippen molar-refractivity contribution in [3.63, 3.8) is 0 Å². The molecular weight excluding hydrogens is 276 g/mol. The third-order valence-corrected chi connectivity index (χ3v) is 5.39. The Morgan fingerprint density at radius 1 is 1.18 bits per heavy atom. The fourth-order valence-corrected chi connectivity index (χ4v) is 3.35. The highest BCUT2D eigenvalue weighted by atomic mass is 16.2. The summed E-state index contributed by atoms with van der Waals surface area (Å²) in [5.41, 5.74) is -0.446. The van der Waals surface area contributed by atoms with Crippen molar-refractivity contribution in [2.45, 2.75) is 57.7 Å². The van der Waals surface area contributed by atoms with E-state index in [0.717, 1.165) is 18.4 Å². The van der Waals surface area contributed by atoms with Gasteiger partial charge < -0.3 is 10.2 Å². The zero-order chi connectivity index (χ0) is 16.0. The molecule has 1 saturated heterocycles. The van der Waals surface area contributed by atoms with Crippen molar-refractivity contribution < 1.29 is 9.59 Å². The van der Waals surface area contributed by atoms with Crippen LogP contribution in [0.25, 0.3) is 0 Å². The smallest absolute Gasteiger partial charge is 0.249 e. The third kappa shape index (κ3) is 2.21. The van der Waals surface area contributed by atoms with Gasteiger partial charge in [0.15, 0.2) is 0 Å². The Balaban J connectivity index is 1.99. The number of piperazine rings is 1. The van der Waals surface area contributed by atoms with Crippen LogP contribution in [0.2, 0.25) is 0 Å². The van der Waals surface area contributed by atoms with Gasteiger partial charge in [0.05, 0.1) is 0 Å². The molecule has 118 valence electrons. The molecule has 1 aromatic rings. The maximum Gasteiger partial charge on any atom is 0.249 e. The third-order valence-electron chi connectivity index (χ3n) is 5.39. The summed E-state index contributed by atoms with van der Waals surface area (Å²) >= 11 is 0. The Morgan fingerprint density at radius 2 is 1.82 bits per heavy atom. The number of rotatable bonds is 4. The van der Waals surface area contributed by atoms with Crippen LogP contribution < -0.4 is 5.32 Å². The van der Waals surface area contributed by atoms with E-state index in [1.54, 1.807) is 0 Å². The molecule has 1 aliphatic carbocycles. The van der Waals surface area contributed by atoms with E-state index in [9.17, 15) is 9.59 Å². The van der Waals surface area contributed by atoms with Gasteiger partial charge in [-0.2, -0.15) is 0 Å². The van der Waals surface area contributed by atoms with Gasteiger partial charge in [0.25, 0.3) is 0 Å². The molecule has 1 aliphatic heterocycles. The standard InChI is InChI=1S/C18H24N2O2/c1-4-17(2)16(22)20(12-13-8-6-5-7-9-13)18(3,14-10-11-14)15(21)19-17/h5-9,14H,4,10-12H2,1-3H3,(H,19,21). The van der Waals surface area contributed by atoms with Crippen molar-refractivity contribution in [1.82, 2.24) is 10.2 Å². The molecule has 1 aromatic carbocycles. The zero-order valence-corrected chi connectivity index (χ0v) is 13.6. The summed E-state index contributed by atoms with van der Waals surface area (Å²) in [6.45, 7) is 6.20. The van der Waals surface area contributed by atoms with Crippen LogP contribution in [0.3, 0.4) is 0 Å². The molecule has 2 unspecified atom stereocenters.